The number of anilines is 1. The standard InChI is InChI=1S/C14H21N3O2/c1-8(2)12(17-14(15)19)13(18)16-11-6-9(3)5-10(4)7-11/h5-8,12H,1-4H3,(H,16,18)(H3,15,17,19)/t12-/m1/s1. The van der Waals surface area contributed by atoms with Crippen molar-refractivity contribution in [3.05, 3.63) is 29.3 Å². The van der Waals surface area contributed by atoms with Crippen molar-refractivity contribution < 1.29 is 9.59 Å². The maximum absolute atomic E-state index is 12.1. The van der Waals surface area contributed by atoms with E-state index in [9.17, 15) is 9.59 Å². The van der Waals surface area contributed by atoms with Crippen molar-refractivity contribution in [3.8, 4) is 0 Å². The van der Waals surface area contributed by atoms with Gasteiger partial charge < -0.3 is 16.4 Å². The van der Waals surface area contributed by atoms with E-state index in [2.05, 4.69) is 10.6 Å². The summed E-state index contributed by atoms with van der Waals surface area (Å²) in [4.78, 5) is 23.0. The Morgan fingerprint density at radius 2 is 1.63 bits per heavy atom. The fraction of sp³-hybridized carbons (Fsp3) is 0.429. The molecule has 4 N–H and O–H groups in total. The van der Waals surface area contributed by atoms with E-state index in [0.717, 1.165) is 16.8 Å². The van der Waals surface area contributed by atoms with Crippen LogP contribution in [-0.4, -0.2) is 18.0 Å². The van der Waals surface area contributed by atoms with Crippen molar-refractivity contribution in [2.75, 3.05) is 5.32 Å². The molecule has 19 heavy (non-hydrogen) atoms. The molecule has 5 heteroatoms. The summed E-state index contributed by atoms with van der Waals surface area (Å²) in [5, 5.41) is 5.26. The van der Waals surface area contributed by atoms with Gasteiger partial charge in [-0.05, 0) is 43.0 Å². The third kappa shape index (κ3) is 4.62. The van der Waals surface area contributed by atoms with Crippen LogP contribution in [-0.2, 0) is 4.79 Å². The number of urea groups is 1. The highest BCUT2D eigenvalue weighted by Crippen LogP contribution is 2.15. The normalized spacial score (nSPS) is 12.1. The number of nitrogens with one attached hydrogen (secondary N) is 2. The number of hydrogen-bond acceptors (Lipinski definition) is 2. The summed E-state index contributed by atoms with van der Waals surface area (Å²) in [6.45, 7) is 7.62. The summed E-state index contributed by atoms with van der Waals surface area (Å²) in [5.41, 5.74) is 7.94. The molecule has 1 rings (SSSR count). The second kappa shape index (κ2) is 6.22. The number of nitrogens with two attached hydrogens (primary N) is 1. The summed E-state index contributed by atoms with van der Waals surface area (Å²) < 4.78 is 0. The predicted molar refractivity (Wildman–Crippen MR) is 75.9 cm³/mol. The van der Waals surface area contributed by atoms with E-state index >= 15 is 0 Å². The van der Waals surface area contributed by atoms with Crippen LogP contribution in [0.4, 0.5) is 10.5 Å². The molecule has 0 aliphatic carbocycles. The van der Waals surface area contributed by atoms with Gasteiger partial charge in [0.15, 0.2) is 0 Å². The molecule has 1 aromatic carbocycles. The maximum Gasteiger partial charge on any atom is 0.312 e. The first-order valence-electron chi connectivity index (χ1n) is 6.24. The number of amides is 3. The summed E-state index contributed by atoms with van der Waals surface area (Å²) in [5.74, 6) is -0.308. The van der Waals surface area contributed by atoms with Gasteiger partial charge in [0.1, 0.15) is 6.04 Å². The van der Waals surface area contributed by atoms with Crippen LogP contribution in [0.25, 0.3) is 0 Å². The number of carbonyl (C=O) groups is 2. The van der Waals surface area contributed by atoms with Gasteiger partial charge in [0, 0.05) is 5.69 Å². The first-order chi connectivity index (χ1) is 8.79. The Morgan fingerprint density at radius 3 is 2.05 bits per heavy atom. The highest BCUT2D eigenvalue weighted by molar-refractivity contribution is 5.97. The molecule has 0 saturated heterocycles. The lowest BCUT2D eigenvalue weighted by Gasteiger charge is -2.20. The van der Waals surface area contributed by atoms with Crippen LogP contribution in [0.2, 0.25) is 0 Å². The van der Waals surface area contributed by atoms with Crippen LogP contribution in [0, 0.1) is 19.8 Å². The van der Waals surface area contributed by atoms with E-state index in [1.807, 2.05) is 45.9 Å². The van der Waals surface area contributed by atoms with Gasteiger partial charge in [0.05, 0.1) is 0 Å². The molecule has 0 radical (unpaired) electrons. The van der Waals surface area contributed by atoms with Crippen molar-refractivity contribution in [3.63, 3.8) is 0 Å². The Bertz CT molecular complexity index is 463. The molecule has 0 aromatic heterocycles. The molecular formula is C14H21N3O2. The zero-order chi connectivity index (χ0) is 14.6. The smallest absolute Gasteiger partial charge is 0.312 e. The van der Waals surface area contributed by atoms with Crippen LogP contribution in [0.15, 0.2) is 18.2 Å². The first-order valence-corrected chi connectivity index (χ1v) is 6.24. The minimum Gasteiger partial charge on any atom is -0.352 e. The second-order valence-corrected chi connectivity index (χ2v) is 5.10. The Hall–Kier alpha value is -2.04. The van der Waals surface area contributed by atoms with Crippen molar-refractivity contribution in [1.82, 2.24) is 5.32 Å². The lowest BCUT2D eigenvalue weighted by molar-refractivity contribution is -0.118. The van der Waals surface area contributed by atoms with Crippen molar-refractivity contribution in [2.45, 2.75) is 33.7 Å². The number of benzene rings is 1. The Morgan fingerprint density at radius 1 is 1.11 bits per heavy atom. The molecule has 0 unspecified atom stereocenters. The first kappa shape index (κ1) is 15.0. The van der Waals surface area contributed by atoms with Crippen molar-refractivity contribution in [1.29, 1.82) is 0 Å². The summed E-state index contributed by atoms with van der Waals surface area (Å²) >= 11 is 0. The molecule has 1 aromatic rings. The minimum atomic E-state index is -0.700. The highest BCUT2D eigenvalue weighted by atomic mass is 16.2. The Balaban J connectivity index is 2.83. The lowest BCUT2D eigenvalue weighted by atomic mass is 10.0. The third-order valence-corrected chi connectivity index (χ3v) is 2.74. The number of primary amides is 1. The van der Waals surface area contributed by atoms with Gasteiger partial charge in [-0.2, -0.15) is 0 Å². The van der Waals surface area contributed by atoms with Gasteiger partial charge in [-0.25, -0.2) is 4.79 Å². The summed E-state index contributed by atoms with van der Waals surface area (Å²) in [7, 11) is 0. The second-order valence-electron chi connectivity index (χ2n) is 5.10. The number of aryl methyl sites for hydroxylation is 2. The Kier molecular flexibility index (Phi) is 4.92. The van der Waals surface area contributed by atoms with Crippen LogP contribution in [0.3, 0.4) is 0 Å². The maximum atomic E-state index is 12.1. The predicted octanol–water partition coefficient (Wildman–Crippen LogP) is 1.93. The molecule has 3 amide bonds. The molecule has 5 nitrogen and oxygen atoms in total. The van der Waals surface area contributed by atoms with Crippen LogP contribution < -0.4 is 16.4 Å². The van der Waals surface area contributed by atoms with Gasteiger partial charge in [-0.3, -0.25) is 4.79 Å². The fourth-order valence-electron chi connectivity index (χ4n) is 1.96. The van der Waals surface area contributed by atoms with Crippen molar-refractivity contribution in [2.24, 2.45) is 11.7 Å². The molecule has 0 aliphatic rings. The van der Waals surface area contributed by atoms with Crippen LogP contribution in [0.1, 0.15) is 25.0 Å². The monoisotopic (exact) mass is 263 g/mol. The Labute approximate surface area is 113 Å². The largest absolute Gasteiger partial charge is 0.352 e. The van der Waals surface area contributed by atoms with E-state index in [4.69, 9.17) is 5.73 Å². The number of hydrogen-bond donors (Lipinski definition) is 3. The molecule has 0 fully saturated rings. The highest BCUT2D eigenvalue weighted by Gasteiger charge is 2.23. The quantitative estimate of drug-likeness (QED) is 0.775. The zero-order valence-electron chi connectivity index (χ0n) is 11.8. The SMILES string of the molecule is Cc1cc(C)cc(NC(=O)[C@H](NC(N)=O)C(C)C)c1. The molecule has 1 atom stereocenters. The van der Waals surface area contributed by atoms with Crippen LogP contribution in [0.5, 0.6) is 0 Å². The van der Waals surface area contributed by atoms with Gasteiger partial charge in [-0.15, -0.1) is 0 Å². The van der Waals surface area contributed by atoms with Crippen molar-refractivity contribution >= 4 is 17.6 Å². The van der Waals surface area contributed by atoms with E-state index in [-0.39, 0.29) is 11.8 Å². The zero-order valence-corrected chi connectivity index (χ0v) is 11.8. The van der Waals surface area contributed by atoms with E-state index in [1.165, 1.54) is 0 Å². The van der Waals surface area contributed by atoms with Crippen LogP contribution >= 0.6 is 0 Å². The summed E-state index contributed by atoms with van der Waals surface area (Å²) in [6, 6.07) is 4.45. The lowest BCUT2D eigenvalue weighted by Crippen LogP contribution is -2.49. The molecule has 0 bridgehead atoms. The fourth-order valence-corrected chi connectivity index (χ4v) is 1.96. The number of rotatable bonds is 4. The average Bonchev–Trinajstić information content (AvgIpc) is 2.23. The summed E-state index contributed by atoms with van der Waals surface area (Å²) in [6.07, 6.45) is 0. The molecule has 0 spiro atoms. The average molecular weight is 263 g/mol. The molecular weight excluding hydrogens is 242 g/mol. The van der Waals surface area contributed by atoms with E-state index in [0.29, 0.717) is 0 Å². The van der Waals surface area contributed by atoms with Gasteiger partial charge in [0.25, 0.3) is 0 Å². The molecule has 0 heterocycles. The molecule has 104 valence electrons. The van der Waals surface area contributed by atoms with Gasteiger partial charge in [0.2, 0.25) is 5.91 Å². The third-order valence-electron chi connectivity index (χ3n) is 2.74. The van der Waals surface area contributed by atoms with E-state index < -0.39 is 12.1 Å². The van der Waals surface area contributed by atoms with Gasteiger partial charge in [-0.1, -0.05) is 19.9 Å². The van der Waals surface area contributed by atoms with E-state index in [1.54, 1.807) is 0 Å². The minimum absolute atomic E-state index is 0.0431. The van der Waals surface area contributed by atoms with Gasteiger partial charge >= 0.3 is 6.03 Å². The topological polar surface area (TPSA) is 84.2 Å². The molecule has 0 saturated carbocycles. The number of carbonyl (C=O) groups excluding carboxylic acids is 2. The molecule has 0 aliphatic heterocycles.